The molecule has 0 spiro atoms. The smallest absolute Gasteiger partial charge is 0.214 e. The van der Waals surface area contributed by atoms with Gasteiger partial charge in [0.25, 0.3) is 0 Å². The molecular formula is C9H8Cl2N4O. The summed E-state index contributed by atoms with van der Waals surface area (Å²) in [7, 11) is 0. The maximum Gasteiger partial charge on any atom is 0.214 e. The first kappa shape index (κ1) is 11.2. The Morgan fingerprint density at radius 2 is 2.19 bits per heavy atom. The second-order valence-corrected chi connectivity index (χ2v) is 3.95. The van der Waals surface area contributed by atoms with E-state index in [-0.39, 0.29) is 6.10 Å². The lowest BCUT2D eigenvalue weighted by Crippen LogP contribution is -2.05. The van der Waals surface area contributed by atoms with Gasteiger partial charge in [0.2, 0.25) is 5.82 Å². The molecule has 1 heterocycles. The van der Waals surface area contributed by atoms with Crippen molar-refractivity contribution in [3.8, 4) is 5.75 Å². The Morgan fingerprint density at radius 1 is 1.38 bits per heavy atom. The van der Waals surface area contributed by atoms with Gasteiger partial charge in [-0.1, -0.05) is 28.4 Å². The highest BCUT2D eigenvalue weighted by Gasteiger charge is 2.13. The number of nitrogens with zero attached hydrogens (tertiary/aromatic N) is 3. The van der Waals surface area contributed by atoms with Crippen LogP contribution in [0.25, 0.3) is 0 Å². The van der Waals surface area contributed by atoms with E-state index in [0.29, 0.717) is 21.6 Å². The monoisotopic (exact) mass is 258 g/mol. The Balaban J connectivity index is 2.15. The number of nitrogens with one attached hydrogen (secondary N) is 1. The molecule has 1 unspecified atom stereocenters. The van der Waals surface area contributed by atoms with Gasteiger partial charge in [0.05, 0.1) is 5.02 Å². The van der Waals surface area contributed by atoms with Crippen LogP contribution in [0.3, 0.4) is 0 Å². The molecule has 0 bridgehead atoms. The fraction of sp³-hybridized carbons (Fsp3) is 0.222. The van der Waals surface area contributed by atoms with E-state index < -0.39 is 0 Å². The summed E-state index contributed by atoms with van der Waals surface area (Å²) >= 11 is 11.7. The minimum atomic E-state index is -0.336. The molecule has 2 aromatic rings. The molecule has 84 valence electrons. The first-order valence-corrected chi connectivity index (χ1v) is 5.27. The molecule has 16 heavy (non-hydrogen) atoms. The Kier molecular flexibility index (Phi) is 3.26. The summed E-state index contributed by atoms with van der Waals surface area (Å²) in [5.74, 6) is 0.995. The zero-order valence-corrected chi connectivity index (χ0v) is 9.83. The summed E-state index contributed by atoms with van der Waals surface area (Å²) in [5.41, 5.74) is 0. The van der Waals surface area contributed by atoms with Crippen LogP contribution in [0, 0.1) is 0 Å². The zero-order valence-electron chi connectivity index (χ0n) is 8.32. The maximum absolute atomic E-state index is 5.96. The largest absolute Gasteiger partial charge is 0.481 e. The molecule has 0 aliphatic carbocycles. The van der Waals surface area contributed by atoms with Crippen molar-refractivity contribution < 1.29 is 4.74 Å². The zero-order chi connectivity index (χ0) is 11.5. The number of aromatic amines is 1. The van der Waals surface area contributed by atoms with Crippen LogP contribution in [0.2, 0.25) is 10.0 Å². The molecule has 0 radical (unpaired) electrons. The summed E-state index contributed by atoms with van der Waals surface area (Å²) in [4.78, 5) is 0. The molecule has 0 aliphatic rings. The quantitative estimate of drug-likeness (QED) is 0.920. The molecule has 1 N–H and O–H groups in total. The maximum atomic E-state index is 5.96. The molecule has 0 saturated heterocycles. The molecular weight excluding hydrogens is 251 g/mol. The van der Waals surface area contributed by atoms with Crippen molar-refractivity contribution in [2.24, 2.45) is 0 Å². The highest BCUT2D eigenvalue weighted by Crippen LogP contribution is 2.30. The molecule has 1 aromatic heterocycles. The van der Waals surface area contributed by atoms with Crippen molar-refractivity contribution >= 4 is 23.2 Å². The molecule has 0 amide bonds. The number of halogens is 2. The van der Waals surface area contributed by atoms with Gasteiger partial charge in [0, 0.05) is 5.02 Å². The number of aromatic nitrogens is 4. The first-order chi connectivity index (χ1) is 7.66. The summed E-state index contributed by atoms with van der Waals surface area (Å²) in [6.07, 6.45) is -0.336. The van der Waals surface area contributed by atoms with Gasteiger partial charge in [-0.3, -0.25) is 0 Å². The molecule has 1 atom stereocenters. The molecule has 7 heteroatoms. The number of rotatable bonds is 3. The average Bonchev–Trinajstić information content (AvgIpc) is 2.75. The van der Waals surface area contributed by atoms with E-state index in [1.165, 1.54) is 0 Å². The lowest BCUT2D eigenvalue weighted by molar-refractivity contribution is 0.216. The lowest BCUT2D eigenvalue weighted by atomic mass is 10.3. The van der Waals surface area contributed by atoms with E-state index in [1.54, 1.807) is 25.1 Å². The van der Waals surface area contributed by atoms with Crippen LogP contribution in [0.15, 0.2) is 18.2 Å². The Morgan fingerprint density at radius 3 is 2.81 bits per heavy atom. The Bertz CT molecular complexity index is 474. The number of H-pyrrole nitrogens is 1. The third kappa shape index (κ3) is 2.43. The lowest BCUT2D eigenvalue weighted by Gasteiger charge is -2.12. The van der Waals surface area contributed by atoms with Gasteiger partial charge < -0.3 is 4.74 Å². The minimum absolute atomic E-state index is 0.336. The van der Waals surface area contributed by atoms with Crippen LogP contribution in [0.5, 0.6) is 5.75 Å². The van der Waals surface area contributed by atoms with E-state index in [9.17, 15) is 0 Å². The van der Waals surface area contributed by atoms with Crippen LogP contribution in [-0.4, -0.2) is 20.6 Å². The van der Waals surface area contributed by atoms with Gasteiger partial charge in [0.1, 0.15) is 5.75 Å². The van der Waals surface area contributed by atoms with E-state index in [4.69, 9.17) is 27.9 Å². The summed E-state index contributed by atoms with van der Waals surface area (Å²) in [5, 5.41) is 14.4. The predicted molar refractivity (Wildman–Crippen MR) is 59.7 cm³/mol. The molecule has 2 rings (SSSR count). The predicted octanol–water partition coefficient (Wildman–Crippen LogP) is 2.65. The van der Waals surface area contributed by atoms with E-state index in [0.717, 1.165) is 0 Å². The number of hydrogen-bond donors (Lipinski definition) is 1. The van der Waals surface area contributed by atoms with E-state index >= 15 is 0 Å². The van der Waals surface area contributed by atoms with E-state index in [1.807, 2.05) is 0 Å². The first-order valence-electron chi connectivity index (χ1n) is 4.52. The fourth-order valence-corrected chi connectivity index (χ4v) is 1.61. The van der Waals surface area contributed by atoms with Crippen molar-refractivity contribution in [2.75, 3.05) is 0 Å². The second kappa shape index (κ2) is 4.67. The molecule has 1 aromatic carbocycles. The molecule has 5 nitrogen and oxygen atoms in total. The van der Waals surface area contributed by atoms with Crippen LogP contribution in [0.4, 0.5) is 0 Å². The standard InChI is InChI=1S/C9H8Cl2N4O/c1-5(9-12-14-15-13-9)16-8-3-2-6(10)4-7(8)11/h2-5H,1H3,(H,12,13,14,15). The van der Waals surface area contributed by atoms with Gasteiger partial charge in [-0.05, 0) is 25.1 Å². The average molecular weight is 259 g/mol. The topological polar surface area (TPSA) is 63.7 Å². The van der Waals surface area contributed by atoms with Crippen molar-refractivity contribution in [1.29, 1.82) is 0 Å². The highest BCUT2D eigenvalue weighted by molar-refractivity contribution is 6.35. The van der Waals surface area contributed by atoms with Crippen molar-refractivity contribution in [3.63, 3.8) is 0 Å². The van der Waals surface area contributed by atoms with Crippen molar-refractivity contribution in [3.05, 3.63) is 34.1 Å². The molecule has 0 aliphatic heterocycles. The molecule has 0 fully saturated rings. The summed E-state index contributed by atoms with van der Waals surface area (Å²) < 4.78 is 5.57. The minimum Gasteiger partial charge on any atom is -0.481 e. The van der Waals surface area contributed by atoms with Gasteiger partial charge >= 0.3 is 0 Å². The van der Waals surface area contributed by atoms with Gasteiger partial charge in [0.15, 0.2) is 6.10 Å². The van der Waals surface area contributed by atoms with Crippen molar-refractivity contribution in [1.82, 2.24) is 20.6 Å². The summed E-state index contributed by atoms with van der Waals surface area (Å²) in [6.45, 7) is 1.80. The van der Waals surface area contributed by atoms with Crippen LogP contribution in [-0.2, 0) is 0 Å². The fourth-order valence-electron chi connectivity index (χ4n) is 1.16. The van der Waals surface area contributed by atoms with E-state index in [2.05, 4.69) is 20.6 Å². The number of benzene rings is 1. The SMILES string of the molecule is CC(Oc1ccc(Cl)cc1Cl)c1nn[nH]n1. The van der Waals surface area contributed by atoms with Crippen molar-refractivity contribution in [2.45, 2.75) is 13.0 Å². The molecule has 0 saturated carbocycles. The third-order valence-corrected chi connectivity index (χ3v) is 2.45. The third-order valence-electron chi connectivity index (χ3n) is 1.92. The Hall–Kier alpha value is -1.33. The van der Waals surface area contributed by atoms with Crippen LogP contribution in [0.1, 0.15) is 18.9 Å². The Labute approximate surface area is 102 Å². The van der Waals surface area contributed by atoms with Gasteiger partial charge in [-0.25, -0.2) is 0 Å². The number of tetrazole rings is 1. The normalized spacial score (nSPS) is 12.4. The summed E-state index contributed by atoms with van der Waals surface area (Å²) in [6, 6.07) is 5.01. The van der Waals surface area contributed by atoms with Crippen LogP contribution >= 0.6 is 23.2 Å². The highest BCUT2D eigenvalue weighted by atomic mass is 35.5. The van der Waals surface area contributed by atoms with Gasteiger partial charge in [-0.15, -0.1) is 10.2 Å². The second-order valence-electron chi connectivity index (χ2n) is 3.10. The van der Waals surface area contributed by atoms with Gasteiger partial charge in [-0.2, -0.15) is 5.21 Å². The number of ether oxygens (including phenoxy) is 1. The number of hydrogen-bond acceptors (Lipinski definition) is 4. The van der Waals surface area contributed by atoms with Crippen LogP contribution < -0.4 is 4.74 Å².